The van der Waals surface area contributed by atoms with E-state index in [0.717, 1.165) is 24.7 Å². The Hall–Kier alpha value is -2.80. The fourth-order valence-electron chi connectivity index (χ4n) is 2.38. The molecule has 0 N–H and O–H groups in total. The summed E-state index contributed by atoms with van der Waals surface area (Å²) in [6.45, 7) is 3.17. The summed E-state index contributed by atoms with van der Waals surface area (Å²) in [5.74, 6) is 1.21. The lowest BCUT2D eigenvalue weighted by Crippen LogP contribution is -2.01. The van der Waals surface area contributed by atoms with Gasteiger partial charge in [-0.3, -0.25) is 4.79 Å². The van der Waals surface area contributed by atoms with Crippen LogP contribution in [-0.2, 0) is 6.61 Å². The topological polar surface area (TPSA) is 59.3 Å². The second kappa shape index (κ2) is 10.1. The number of nitrogens with zero attached hydrogens (tertiary/aromatic N) is 1. The van der Waals surface area contributed by atoms with Crippen LogP contribution in [0.4, 0.5) is 0 Å². The van der Waals surface area contributed by atoms with E-state index in [1.165, 1.54) is 12.8 Å². The highest BCUT2D eigenvalue weighted by Gasteiger charge is 2.06. The van der Waals surface area contributed by atoms with Crippen LogP contribution < -0.4 is 9.47 Å². The summed E-state index contributed by atoms with van der Waals surface area (Å²) in [5.41, 5.74) is 2.03. The van der Waals surface area contributed by atoms with E-state index in [1.807, 2.05) is 12.1 Å². The van der Waals surface area contributed by atoms with E-state index >= 15 is 0 Å². The maximum absolute atomic E-state index is 11.2. The van der Waals surface area contributed by atoms with Crippen LogP contribution in [0.2, 0.25) is 0 Å². The van der Waals surface area contributed by atoms with Crippen LogP contribution in [-0.4, -0.2) is 12.9 Å². The second-order valence-corrected chi connectivity index (χ2v) is 5.82. The lowest BCUT2D eigenvalue weighted by Gasteiger charge is -2.12. The van der Waals surface area contributed by atoms with Crippen LogP contribution in [0.15, 0.2) is 42.5 Å². The monoisotopic (exact) mass is 337 g/mol. The molecule has 130 valence electrons. The minimum atomic E-state index is 0.326. The van der Waals surface area contributed by atoms with Gasteiger partial charge in [-0.2, -0.15) is 5.26 Å². The van der Waals surface area contributed by atoms with Gasteiger partial charge >= 0.3 is 0 Å². The van der Waals surface area contributed by atoms with Gasteiger partial charge in [-0.05, 0) is 36.2 Å². The summed E-state index contributed by atoms with van der Waals surface area (Å²) in [7, 11) is 0. The lowest BCUT2D eigenvalue weighted by molar-refractivity contribution is 0.111. The molecule has 0 spiro atoms. The fourth-order valence-corrected chi connectivity index (χ4v) is 2.38. The zero-order chi connectivity index (χ0) is 17.9. The Morgan fingerprint density at radius 2 is 1.84 bits per heavy atom. The molecule has 0 aromatic heterocycles. The minimum Gasteiger partial charge on any atom is -0.493 e. The van der Waals surface area contributed by atoms with Crippen LogP contribution in [0.25, 0.3) is 0 Å². The molecule has 0 saturated carbocycles. The fraction of sp³-hybridized carbons (Fsp3) is 0.333. The quantitative estimate of drug-likeness (QED) is 0.456. The van der Waals surface area contributed by atoms with Crippen LogP contribution >= 0.6 is 0 Å². The molecule has 0 radical (unpaired) electrons. The van der Waals surface area contributed by atoms with Gasteiger partial charge in [0, 0.05) is 6.07 Å². The van der Waals surface area contributed by atoms with E-state index in [2.05, 4.69) is 13.0 Å². The van der Waals surface area contributed by atoms with Crippen molar-refractivity contribution in [2.75, 3.05) is 6.61 Å². The van der Waals surface area contributed by atoms with Crippen molar-refractivity contribution in [3.63, 3.8) is 0 Å². The molecule has 0 unspecified atom stereocenters. The van der Waals surface area contributed by atoms with E-state index in [1.54, 1.807) is 30.3 Å². The Labute approximate surface area is 149 Å². The molecule has 0 amide bonds. The summed E-state index contributed by atoms with van der Waals surface area (Å²) >= 11 is 0. The number of nitriles is 1. The standard InChI is InChI=1S/C21H23NO3/c1-2-3-4-5-12-24-20-11-10-19(15-23)21(13-20)25-16-18-8-6-17(14-22)7-9-18/h6-11,13,15H,2-5,12,16H2,1H3. The third-order valence-electron chi connectivity index (χ3n) is 3.86. The van der Waals surface area contributed by atoms with Gasteiger partial charge in [0.2, 0.25) is 0 Å². The van der Waals surface area contributed by atoms with Crippen molar-refractivity contribution in [1.82, 2.24) is 0 Å². The first-order valence-corrected chi connectivity index (χ1v) is 8.60. The first kappa shape index (κ1) is 18.5. The third-order valence-corrected chi connectivity index (χ3v) is 3.86. The first-order chi connectivity index (χ1) is 12.3. The van der Waals surface area contributed by atoms with Gasteiger partial charge in [0.05, 0.1) is 23.8 Å². The highest BCUT2D eigenvalue weighted by atomic mass is 16.5. The minimum absolute atomic E-state index is 0.326. The molecule has 0 aliphatic rings. The summed E-state index contributed by atoms with van der Waals surface area (Å²) in [6.07, 6.45) is 5.36. The number of unbranched alkanes of at least 4 members (excludes halogenated alkanes) is 3. The lowest BCUT2D eigenvalue weighted by atomic mass is 10.1. The summed E-state index contributed by atoms with van der Waals surface area (Å²) in [4.78, 5) is 11.2. The van der Waals surface area contributed by atoms with E-state index in [0.29, 0.717) is 35.8 Å². The Bertz CT molecular complexity index is 717. The van der Waals surface area contributed by atoms with E-state index in [-0.39, 0.29) is 0 Å². The largest absolute Gasteiger partial charge is 0.493 e. The van der Waals surface area contributed by atoms with Gasteiger partial charge in [0.15, 0.2) is 6.29 Å². The summed E-state index contributed by atoms with van der Waals surface area (Å²) in [6, 6.07) is 14.5. The molecule has 2 aromatic rings. The highest BCUT2D eigenvalue weighted by Crippen LogP contribution is 2.25. The Morgan fingerprint density at radius 1 is 1.04 bits per heavy atom. The number of rotatable bonds is 10. The maximum Gasteiger partial charge on any atom is 0.153 e. The number of carbonyl (C=O) groups is 1. The zero-order valence-corrected chi connectivity index (χ0v) is 14.5. The Morgan fingerprint density at radius 3 is 2.52 bits per heavy atom. The van der Waals surface area contributed by atoms with Crippen LogP contribution in [0.5, 0.6) is 11.5 Å². The van der Waals surface area contributed by atoms with Gasteiger partial charge in [-0.25, -0.2) is 0 Å². The van der Waals surface area contributed by atoms with Crippen LogP contribution in [0, 0.1) is 11.3 Å². The summed E-state index contributed by atoms with van der Waals surface area (Å²) in [5, 5.41) is 8.82. The molecule has 0 atom stereocenters. The average molecular weight is 337 g/mol. The molecule has 0 aliphatic carbocycles. The van der Waals surface area contributed by atoms with E-state index in [9.17, 15) is 4.79 Å². The number of benzene rings is 2. The molecule has 0 fully saturated rings. The van der Waals surface area contributed by atoms with Crippen molar-refractivity contribution in [2.24, 2.45) is 0 Å². The molecule has 2 aromatic carbocycles. The van der Waals surface area contributed by atoms with Gasteiger partial charge in [0.25, 0.3) is 0 Å². The summed E-state index contributed by atoms with van der Waals surface area (Å²) < 4.78 is 11.5. The van der Waals surface area contributed by atoms with Gasteiger partial charge in [-0.1, -0.05) is 38.3 Å². The van der Waals surface area contributed by atoms with Crippen molar-refractivity contribution in [3.8, 4) is 17.6 Å². The Kier molecular flexibility index (Phi) is 7.52. The number of ether oxygens (including phenoxy) is 2. The molecule has 0 bridgehead atoms. The van der Waals surface area contributed by atoms with Gasteiger partial charge in [0.1, 0.15) is 18.1 Å². The normalized spacial score (nSPS) is 10.1. The maximum atomic E-state index is 11.2. The number of hydrogen-bond donors (Lipinski definition) is 0. The van der Waals surface area contributed by atoms with Crippen LogP contribution in [0.3, 0.4) is 0 Å². The van der Waals surface area contributed by atoms with Crippen molar-refractivity contribution in [3.05, 3.63) is 59.2 Å². The number of hydrogen-bond acceptors (Lipinski definition) is 4. The molecule has 4 heteroatoms. The molecule has 0 heterocycles. The average Bonchev–Trinajstić information content (AvgIpc) is 2.66. The molecule has 0 aliphatic heterocycles. The van der Waals surface area contributed by atoms with E-state index in [4.69, 9.17) is 14.7 Å². The van der Waals surface area contributed by atoms with Gasteiger partial charge in [-0.15, -0.1) is 0 Å². The molecular weight excluding hydrogens is 314 g/mol. The molecule has 25 heavy (non-hydrogen) atoms. The van der Waals surface area contributed by atoms with Crippen molar-refractivity contribution in [1.29, 1.82) is 5.26 Å². The van der Waals surface area contributed by atoms with E-state index < -0.39 is 0 Å². The van der Waals surface area contributed by atoms with Crippen molar-refractivity contribution < 1.29 is 14.3 Å². The highest BCUT2D eigenvalue weighted by molar-refractivity contribution is 5.79. The predicted octanol–water partition coefficient (Wildman–Crippen LogP) is 4.91. The number of aldehydes is 1. The van der Waals surface area contributed by atoms with Crippen molar-refractivity contribution in [2.45, 2.75) is 39.2 Å². The smallest absolute Gasteiger partial charge is 0.153 e. The molecule has 2 rings (SSSR count). The zero-order valence-electron chi connectivity index (χ0n) is 14.5. The first-order valence-electron chi connectivity index (χ1n) is 8.60. The number of carbonyl (C=O) groups excluding carboxylic acids is 1. The predicted molar refractivity (Wildman–Crippen MR) is 97.0 cm³/mol. The second-order valence-electron chi connectivity index (χ2n) is 5.82. The van der Waals surface area contributed by atoms with Gasteiger partial charge < -0.3 is 9.47 Å². The molecule has 0 saturated heterocycles. The molecular formula is C21H23NO3. The SMILES string of the molecule is CCCCCCOc1ccc(C=O)c(OCc2ccc(C#N)cc2)c1. The third kappa shape index (κ3) is 5.96. The van der Waals surface area contributed by atoms with Crippen LogP contribution in [0.1, 0.15) is 54.1 Å². The Balaban J connectivity index is 1.96. The van der Waals surface area contributed by atoms with Crippen molar-refractivity contribution >= 4 is 6.29 Å². The molecule has 4 nitrogen and oxygen atoms in total.